The highest BCUT2D eigenvalue weighted by Crippen LogP contribution is 2.35. The summed E-state index contributed by atoms with van der Waals surface area (Å²) < 4.78 is 5.24. The molecule has 1 saturated heterocycles. The Morgan fingerprint density at radius 3 is 2.23 bits per heavy atom. The van der Waals surface area contributed by atoms with Crippen LogP contribution in [0.5, 0.6) is 0 Å². The highest BCUT2D eigenvalue weighted by Gasteiger charge is 2.41. The van der Waals surface area contributed by atoms with Gasteiger partial charge >= 0.3 is 12.0 Å². The van der Waals surface area contributed by atoms with Gasteiger partial charge in [-0.3, -0.25) is 4.79 Å². The smallest absolute Gasteiger partial charge is 0.315 e. The molecule has 2 fully saturated rings. The van der Waals surface area contributed by atoms with Crippen LogP contribution < -0.4 is 10.6 Å². The minimum atomic E-state index is -1.00. The number of benzene rings is 2. The van der Waals surface area contributed by atoms with Crippen molar-refractivity contribution in [2.24, 2.45) is 11.8 Å². The lowest BCUT2D eigenvalue weighted by Crippen LogP contribution is -2.53. The number of nitrogens with one attached hydrogen (secondary N) is 2. The predicted octanol–water partition coefficient (Wildman–Crippen LogP) is 5.41. The van der Waals surface area contributed by atoms with Crippen LogP contribution in [0.25, 0.3) is 0 Å². The number of nitriles is 1. The van der Waals surface area contributed by atoms with Gasteiger partial charge in [-0.25, -0.2) is 4.79 Å². The molecule has 2 amide bonds. The maximum atomic E-state index is 13.1. The van der Waals surface area contributed by atoms with Crippen LogP contribution >= 0.6 is 0 Å². The highest BCUT2D eigenvalue weighted by molar-refractivity contribution is 5.75. The predicted molar refractivity (Wildman–Crippen MR) is 157 cm³/mol. The summed E-state index contributed by atoms with van der Waals surface area (Å²) >= 11 is 0. The zero-order valence-electron chi connectivity index (χ0n) is 24.0. The lowest BCUT2D eigenvalue weighted by molar-refractivity contribution is -0.149. The van der Waals surface area contributed by atoms with E-state index in [9.17, 15) is 14.9 Å². The fraction of sp³-hybridized carbons (Fsp3) is 0.545. The van der Waals surface area contributed by atoms with Crippen LogP contribution in [0, 0.1) is 23.2 Å². The van der Waals surface area contributed by atoms with Crippen molar-refractivity contribution in [3.8, 4) is 6.07 Å². The van der Waals surface area contributed by atoms with Gasteiger partial charge in [0.05, 0.1) is 24.6 Å². The van der Waals surface area contributed by atoms with Gasteiger partial charge < -0.3 is 20.3 Å². The van der Waals surface area contributed by atoms with Crippen LogP contribution in [-0.2, 0) is 14.9 Å². The van der Waals surface area contributed by atoms with Crippen molar-refractivity contribution in [2.75, 3.05) is 26.2 Å². The molecule has 7 heteroatoms. The molecular weight excluding hydrogens is 500 g/mol. The number of carbonyl (C=O) groups excluding carboxylic acids is 2. The minimum absolute atomic E-state index is 0.0121. The number of carbonyl (C=O) groups is 2. The molecule has 0 radical (unpaired) electrons. The summed E-state index contributed by atoms with van der Waals surface area (Å²) in [5.74, 6) is 0.606. The van der Waals surface area contributed by atoms with E-state index in [4.69, 9.17) is 4.74 Å². The van der Waals surface area contributed by atoms with E-state index in [1.165, 1.54) is 0 Å². The largest absolute Gasteiger partial charge is 0.466 e. The first-order valence-corrected chi connectivity index (χ1v) is 14.9. The van der Waals surface area contributed by atoms with E-state index < -0.39 is 11.5 Å². The molecule has 1 aliphatic heterocycles. The van der Waals surface area contributed by atoms with E-state index in [0.29, 0.717) is 12.5 Å². The van der Waals surface area contributed by atoms with Crippen molar-refractivity contribution in [1.29, 1.82) is 5.26 Å². The van der Waals surface area contributed by atoms with Crippen LogP contribution in [0.1, 0.15) is 69.9 Å². The molecule has 40 heavy (non-hydrogen) atoms. The number of nitrogens with zero attached hydrogens (tertiary/aromatic N) is 2. The fourth-order valence-electron chi connectivity index (χ4n) is 6.50. The van der Waals surface area contributed by atoms with Gasteiger partial charge in [0.25, 0.3) is 0 Å². The SMILES string of the molecule is CCOC(=O)C1CCCN(CC[C@H]2CC[C@H](NC(=O)N[C@@H](C)C(C#N)(c3ccccc3)c3ccccc3)CC2)C1. The van der Waals surface area contributed by atoms with E-state index in [1.807, 2.05) is 74.5 Å². The van der Waals surface area contributed by atoms with E-state index in [2.05, 4.69) is 21.6 Å². The topological polar surface area (TPSA) is 94.5 Å². The molecule has 1 saturated carbocycles. The van der Waals surface area contributed by atoms with Gasteiger partial charge in [0.15, 0.2) is 0 Å². The van der Waals surface area contributed by atoms with Crippen molar-refractivity contribution >= 4 is 12.0 Å². The molecule has 2 aliphatic rings. The Morgan fingerprint density at radius 1 is 1.02 bits per heavy atom. The maximum Gasteiger partial charge on any atom is 0.315 e. The van der Waals surface area contributed by atoms with Gasteiger partial charge in [0.2, 0.25) is 0 Å². The molecule has 2 aromatic rings. The quantitative estimate of drug-likeness (QED) is 0.390. The van der Waals surface area contributed by atoms with Crippen molar-refractivity contribution in [3.63, 3.8) is 0 Å². The number of ether oxygens (including phenoxy) is 1. The van der Waals surface area contributed by atoms with Gasteiger partial charge in [0.1, 0.15) is 5.41 Å². The Balaban J connectivity index is 1.27. The van der Waals surface area contributed by atoms with Crippen LogP contribution in [0.4, 0.5) is 4.79 Å². The second-order valence-electron chi connectivity index (χ2n) is 11.4. The second-order valence-corrected chi connectivity index (χ2v) is 11.4. The fourth-order valence-corrected chi connectivity index (χ4v) is 6.50. The molecule has 7 nitrogen and oxygen atoms in total. The van der Waals surface area contributed by atoms with E-state index in [1.54, 1.807) is 0 Å². The average molecular weight is 545 g/mol. The standard InChI is InChI=1S/C33H44N4O3/c1-3-40-31(38)27-11-10-21-37(23-27)22-20-26-16-18-30(19-17-26)36-32(39)35-25(2)33(24-34,28-12-6-4-7-13-28)29-14-8-5-9-15-29/h4-9,12-15,25-27,30H,3,10-11,16-23H2,1-2H3,(H2,35,36,39)/t25-,26-,27?,30-/m0/s1. The van der Waals surface area contributed by atoms with Gasteiger partial charge in [-0.1, -0.05) is 60.7 Å². The first-order chi connectivity index (χ1) is 19.5. The number of rotatable bonds is 10. The second kappa shape index (κ2) is 14.3. The Hall–Kier alpha value is -3.37. The number of hydrogen-bond donors (Lipinski definition) is 2. The van der Waals surface area contributed by atoms with Crippen molar-refractivity contribution in [2.45, 2.75) is 76.3 Å². The third-order valence-electron chi connectivity index (χ3n) is 8.79. The lowest BCUT2D eigenvalue weighted by atomic mass is 9.70. The number of likely N-dealkylation sites (tertiary alicyclic amines) is 1. The maximum absolute atomic E-state index is 13.1. The summed E-state index contributed by atoms with van der Waals surface area (Å²) in [4.78, 5) is 27.7. The summed E-state index contributed by atoms with van der Waals surface area (Å²) in [5.41, 5.74) is 0.719. The monoisotopic (exact) mass is 544 g/mol. The summed E-state index contributed by atoms with van der Waals surface area (Å²) in [6, 6.07) is 21.4. The van der Waals surface area contributed by atoms with Crippen LogP contribution in [-0.4, -0.2) is 55.2 Å². The number of piperidine rings is 1. The summed E-state index contributed by atoms with van der Waals surface area (Å²) in [5, 5.41) is 16.8. The summed E-state index contributed by atoms with van der Waals surface area (Å²) in [6.45, 7) is 7.11. The van der Waals surface area contributed by atoms with Gasteiger partial charge in [-0.2, -0.15) is 5.26 Å². The highest BCUT2D eigenvalue weighted by atomic mass is 16.5. The van der Waals surface area contributed by atoms with Crippen molar-refractivity contribution in [3.05, 3.63) is 71.8 Å². The molecule has 0 spiro atoms. The molecule has 1 heterocycles. The Morgan fingerprint density at radius 2 is 1.65 bits per heavy atom. The molecule has 1 unspecified atom stereocenters. The van der Waals surface area contributed by atoms with Crippen molar-refractivity contribution in [1.82, 2.24) is 15.5 Å². The molecule has 0 bridgehead atoms. The first-order valence-electron chi connectivity index (χ1n) is 14.9. The van der Waals surface area contributed by atoms with Crippen LogP contribution in [0.3, 0.4) is 0 Å². The molecule has 4 rings (SSSR count). The van der Waals surface area contributed by atoms with Crippen LogP contribution in [0.15, 0.2) is 60.7 Å². The minimum Gasteiger partial charge on any atom is -0.466 e. The first kappa shape index (κ1) is 29.6. The Kier molecular flexibility index (Phi) is 10.6. The van der Waals surface area contributed by atoms with Gasteiger partial charge in [-0.15, -0.1) is 0 Å². The van der Waals surface area contributed by atoms with E-state index in [0.717, 1.165) is 75.7 Å². The van der Waals surface area contributed by atoms with E-state index >= 15 is 0 Å². The third kappa shape index (κ3) is 7.22. The molecule has 214 valence electrons. The summed E-state index contributed by atoms with van der Waals surface area (Å²) in [6.07, 6.45) is 7.20. The number of urea groups is 1. The molecule has 2 N–H and O–H groups in total. The Bertz CT molecular complexity index is 1090. The van der Waals surface area contributed by atoms with Gasteiger partial charge in [0, 0.05) is 12.6 Å². The van der Waals surface area contributed by atoms with Crippen LogP contribution in [0.2, 0.25) is 0 Å². The average Bonchev–Trinajstić information content (AvgIpc) is 2.99. The van der Waals surface area contributed by atoms with Crippen molar-refractivity contribution < 1.29 is 14.3 Å². The van der Waals surface area contributed by atoms with E-state index in [-0.39, 0.29) is 24.0 Å². The molecular formula is C33H44N4O3. The normalized spacial score (nSPS) is 22.5. The lowest BCUT2D eigenvalue weighted by Gasteiger charge is -2.36. The van der Waals surface area contributed by atoms with Gasteiger partial charge in [-0.05, 0) is 88.9 Å². The Labute approximate surface area is 239 Å². The molecule has 0 aromatic heterocycles. The molecule has 2 atom stereocenters. The number of hydrogen-bond acceptors (Lipinski definition) is 5. The molecule has 2 aromatic carbocycles. The zero-order chi connectivity index (χ0) is 28.4. The zero-order valence-corrected chi connectivity index (χ0v) is 24.0. The molecule has 1 aliphatic carbocycles. The number of esters is 1. The summed E-state index contributed by atoms with van der Waals surface area (Å²) in [7, 11) is 0. The number of amides is 2. The third-order valence-corrected chi connectivity index (χ3v) is 8.79.